The number of hydrogen-bond donors (Lipinski definition) is 2. The molecule has 2 amide bonds. The van der Waals surface area contributed by atoms with E-state index in [1.165, 1.54) is 43.4 Å². The van der Waals surface area contributed by atoms with Crippen molar-refractivity contribution in [1.29, 1.82) is 0 Å². The molecule has 0 radical (unpaired) electrons. The van der Waals surface area contributed by atoms with Crippen LogP contribution in [0.3, 0.4) is 0 Å². The predicted molar refractivity (Wildman–Crippen MR) is 210 cm³/mol. The number of pyridine rings is 1. The number of H-pyrrole nitrogens is 1. The third-order valence-electron chi connectivity index (χ3n) is 10.5. The van der Waals surface area contributed by atoms with Crippen molar-refractivity contribution in [2.24, 2.45) is 0 Å². The second-order valence-electron chi connectivity index (χ2n) is 15.0. The van der Waals surface area contributed by atoms with Crippen molar-refractivity contribution < 1.29 is 32.7 Å². The number of aryl methyl sites for hydroxylation is 1. The minimum absolute atomic E-state index is 0.0372. The van der Waals surface area contributed by atoms with Gasteiger partial charge in [-0.1, -0.05) is 38.1 Å². The summed E-state index contributed by atoms with van der Waals surface area (Å²) in [6.07, 6.45) is 0.370. The number of fused-ring (bicyclic) bond motifs is 6. The quantitative estimate of drug-likeness (QED) is 0.183. The van der Waals surface area contributed by atoms with Crippen LogP contribution in [-0.4, -0.2) is 74.6 Å². The van der Waals surface area contributed by atoms with Crippen LogP contribution in [0.5, 0.6) is 0 Å². The normalized spacial score (nSPS) is 14.0. The van der Waals surface area contributed by atoms with Gasteiger partial charge in [-0.3, -0.25) is 14.4 Å². The standard InChI is InChI=1S/C41H43N5O3.C2HF3O2/c1-41(2)34-23-30(44(3)4)16-14-26(34)20-28-21-27-10-8-18-46(37(27)24-35(28)41)19-9-13-39(48)45(5)25-38(47)42-29-15-17-36-33(22-29)31-11-6-7-12-32(31)40(49)43-36;3-2(4,5)1(6)7/h6-7,11-12,14-17,20-24H,8-10,13,18-19,25H2,1-5H3,(H-,42,43,47,49);(H,6,7). The molecule has 0 saturated carbocycles. The number of benzene rings is 4. The molecule has 5 aromatic rings. The van der Waals surface area contributed by atoms with Gasteiger partial charge in [0.15, 0.2) is 0 Å². The second kappa shape index (κ2) is 15.6. The molecule has 0 fully saturated rings. The van der Waals surface area contributed by atoms with Gasteiger partial charge in [-0.2, -0.15) is 13.2 Å². The zero-order valence-corrected chi connectivity index (χ0v) is 32.0. The van der Waals surface area contributed by atoms with Crippen molar-refractivity contribution in [1.82, 2.24) is 14.5 Å². The minimum atomic E-state index is -5.19. The molecular formula is C43H44F3N5O5. The van der Waals surface area contributed by atoms with Crippen LogP contribution >= 0.6 is 0 Å². The molecule has 292 valence electrons. The van der Waals surface area contributed by atoms with E-state index in [2.05, 4.69) is 84.1 Å². The largest absolute Gasteiger partial charge is 0.542 e. The molecule has 10 nitrogen and oxygen atoms in total. The van der Waals surface area contributed by atoms with Crippen LogP contribution in [0.15, 0.2) is 77.6 Å². The summed E-state index contributed by atoms with van der Waals surface area (Å²) in [5.41, 5.74) is 7.59. The van der Waals surface area contributed by atoms with Gasteiger partial charge >= 0.3 is 6.18 Å². The zero-order valence-electron chi connectivity index (χ0n) is 32.0. The first kappa shape index (κ1) is 39.7. The lowest BCUT2D eigenvalue weighted by atomic mass is 9.71. The Bertz CT molecular complexity index is 2560. The van der Waals surface area contributed by atoms with Crippen LogP contribution in [0.1, 0.15) is 55.4 Å². The van der Waals surface area contributed by atoms with Gasteiger partial charge in [-0.05, 0) is 82.3 Å². The number of likely N-dealkylation sites (N-methyl/N-ethyl adjacent to an activating group) is 1. The molecule has 0 unspecified atom stereocenters. The van der Waals surface area contributed by atoms with E-state index in [-0.39, 0.29) is 29.3 Å². The van der Waals surface area contributed by atoms with E-state index >= 15 is 0 Å². The fourth-order valence-corrected chi connectivity index (χ4v) is 7.60. The number of nitrogens with zero attached hydrogens (tertiary/aromatic N) is 3. The molecule has 4 aromatic carbocycles. The van der Waals surface area contributed by atoms with Crippen LogP contribution in [-0.2, 0) is 26.2 Å². The third kappa shape index (κ3) is 8.31. The lowest BCUT2D eigenvalue weighted by molar-refractivity contribution is -0.344. The molecule has 0 spiro atoms. The Kier molecular flexibility index (Phi) is 11.1. The van der Waals surface area contributed by atoms with Crippen LogP contribution < -0.4 is 36.0 Å². The van der Waals surface area contributed by atoms with Gasteiger partial charge < -0.3 is 30.0 Å². The number of aromatic nitrogens is 1. The van der Waals surface area contributed by atoms with E-state index in [1.807, 2.05) is 24.3 Å². The summed E-state index contributed by atoms with van der Waals surface area (Å²) < 4.78 is 34.0. The van der Waals surface area contributed by atoms with Crippen molar-refractivity contribution in [3.63, 3.8) is 0 Å². The van der Waals surface area contributed by atoms with Crippen molar-refractivity contribution in [3.05, 3.63) is 116 Å². The first-order valence-corrected chi connectivity index (χ1v) is 18.4. The number of nitrogens with one attached hydrogen (secondary N) is 2. The third-order valence-corrected chi connectivity index (χ3v) is 10.5. The van der Waals surface area contributed by atoms with Crippen molar-refractivity contribution in [2.45, 2.75) is 51.1 Å². The highest BCUT2D eigenvalue weighted by Gasteiger charge is 2.32. The molecule has 1 aromatic heterocycles. The summed E-state index contributed by atoms with van der Waals surface area (Å²) >= 11 is 0. The molecule has 2 N–H and O–H groups in total. The molecule has 0 bridgehead atoms. The summed E-state index contributed by atoms with van der Waals surface area (Å²) in [6.45, 7) is 6.37. The van der Waals surface area contributed by atoms with Gasteiger partial charge in [-0.15, -0.1) is 0 Å². The number of aromatic amines is 1. The van der Waals surface area contributed by atoms with Crippen molar-refractivity contribution in [3.8, 4) is 0 Å². The Morgan fingerprint density at radius 2 is 1.64 bits per heavy atom. The summed E-state index contributed by atoms with van der Waals surface area (Å²) in [4.78, 5) is 53.9. The number of anilines is 2. The minimum Gasteiger partial charge on any atom is -0.542 e. The number of halogens is 3. The van der Waals surface area contributed by atoms with Crippen LogP contribution in [0.25, 0.3) is 27.8 Å². The van der Waals surface area contributed by atoms with Gasteiger partial charge in [-0.25, -0.2) is 4.58 Å². The second-order valence-corrected chi connectivity index (χ2v) is 15.0. The molecule has 7 rings (SSSR count). The Morgan fingerprint density at radius 3 is 2.34 bits per heavy atom. The maximum absolute atomic E-state index is 13.1. The number of carboxylic acid groups (broad SMARTS) is 1. The van der Waals surface area contributed by atoms with E-state index in [4.69, 9.17) is 9.90 Å². The van der Waals surface area contributed by atoms with Crippen molar-refractivity contribution >= 4 is 56.9 Å². The number of alkyl halides is 3. The van der Waals surface area contributed by atoms with Crippen molar-refractivity contribution in [2.75, 3.05) is 51.0 Å². The van der Waals surface area contributed by atoms with E-state index in [9.17, 15) is 27.6 Å². The Balaban J connectivity index is 0.000000695. The molecule has 2 heterocycles. The predicted octanol–water partition coefficient (Wildman–Crippen LogP) is 3.83. The summed E-state index contributed by atoms with van der Waals surface area (Å²) in [5.74, 6) is -3.33. The molecule has 2 aliphatic rings. The fraction of sp³-hybridized carbons (Fsp3) is 0.326. The average Bonchev–Trinajstić information content (AvgIpc) is 3.14. The van der Waals surface area contributed by atoms with Crippen LogP contribution in [0.4, 0.5) is 24.5 Å². The van der Waals surface area contributed by atoms with E-state index < -0.39 is 12.1 Å². The maximum atomic E-state index is 13.1. The highest BCUT2D eigenvalue weighted by molar-refractivity contribution is 6.07. The topological polar surface area (TPSA) is 129 Å². The van der Waals surface area contributed by atoms with Gasteiger partial charge in [0.25, 0.3) is 5.56 Å². The van der Waals surface area contributed by atoms with Gasteiger partial charge in [0.2, 0.25) is 17.2 Å². The zero-order chi connectivity index (χ0) is 40.5. The van der Waals surface area contributed by atoms with Gasteiger partial charge in [0.05, 0.1) is 6.54 Å². The van der Waals surface area contributed by atoms with Gasteiger partial charge in [0, 0.05) is 85.1 Å². The molecule has 1 aliphatic carbocycles. The average molecular weight is 768 g/mol. The smallest absolute Gasteiger partial charge is 0.430 e. The molecule has 0 saturated heterocycles. The first-order valence-electron chi connectivity index (χ1n) is 18.4. The Morgan fingerprint density at radius 1 is 0.929 bits per heavy atom. The number of carboxylic acids is 1. The molecule has 13 heteroatoms. The highest BCUT2D eigenvalue weighted by atomic mass is 19.4. The summed E-state index contributed by atoms with van der Waals surface area (Å²) in [7, 11) is 5.85. The summed E-state index contributed by atoms with van der Waals surface area (Å²) in [5, 5.41) is 16.6. The van der Waals surface area contributed by atoms with Gasteiger partial charge in [0.1, 0.15) is 19.1 Å². The summed E-state index contributed by atoms with van der Waals surface area (Å²) in [6, 6.07) is 24.4. The molecule has 1 aliphatic heterocycles. The lowest BCUT2D eigenvalue weighted by Crippen LogP contribution is -2.42. The van der Waals surface area contributed by atoms with E-state index in [1.54, 1.807) is 25.2 Å². The number of carbonyl (C=O) groups is 3. The Labute approximate surface area is 321 Å². The number of rotatable bonds is 8. The Hall–Kier alpha value is -5.98. The van der Waals surface area contributed by atoms with E-state index in [0.29, 0.717) is 29.4 Å². The lowest BCUT2D eigenvalue weighted by Gasteiger charge is -2.33. The highest BCUT2D eigenvalue weighted by Crippen LogP contribution is 2.37. The maximum Gasteiger partial charge on any atom is 0.430 e. The number of hydrogen-bond acceptors (Lipinski definition) is 6. The van der Waals surface area contributed by atoms with E-state index in [0.717, 1.165) is 36.7 Å². The first-order chi connectivity index (χ1) is 26.4. The number of aliphatic carboxylic acids is 1. The molecule has 0 atom stereocenters. The monoisotopic (exact) mass is 767 g/mol. The SMILES string of the molecule is CN(CC(=O)Nc1ccc2[nH]c(=O)c3ccccc3c2c1)C(=O)CCC[N+]1=c2cc3c(cc2CCC1)=Cc1ccc(N(C)C)cc1C3(C)C.O=C([O-])C(F)(F)F. The van der Waals surface area contributed by atoms with Crippen LogP contribution in [0, 0.1) is 0 Å². The number of carbonyl (C=O) groups excluding carboxylic acids is 3. The molecule has 56 heavy (non-hydrogen) atoms. The van der Waals surface area contributed by atoms with Crippen LogP contribution in [0.2, 0.25) is 0 Å². The fourth-order valence-electron chi connectivity index (χ4n) is 7.60. The number of amides is 2. The molecular weight excluding hydrogens is 723 g/mol.